The van der Waals surface area contributed by atoms with Crippen molar-refractivity contribution in [1.82, 2.24) is 29.8 Å². The van der Waals surface area contributed by atoms with Crippen LogP contribution < -0.4 is 10.2 Å². The summed E-state index contributed by atoms with van der Waals surface area (Å²) in [5.74, 6) is 1.90. The summed E-state index contributed by atoms with van der Waals surface area (Å²) in [4.78, 5) is 21.4. The smallest absolute Gasteiger partial charge is 0.225 e. The minimum Gasteiger partial charge on any atom is -0.338 e. The van der Waals surface area contributed by atoms with E-state index in [1.807, 2.05) is 18.5 Å². The molecule has 1 N–H and O–H groups in total. The zero-order valence-corrected chi connectivity index (χ0v) is 20.0. The number of nitrogens with one attached hydrogen (secondary N) is 1. The first-order valence-corrected chi connectivity index (χ1v) is 11.0. The van der Waals surface area contributed by atoms with Crippen molar-refractivity contribution in [2.75, 3.05) is 24.5 Å². The lowest BCUT2D eigenvalue weighted by Gasteiger charge is -2.31. The molecule has 1 saturated heterocycles. The molecule has 0 radical (unpaired) electrons. The Morgan fingerprint density at radius 1 is 0.970 bits per heavy atom. The average molecular weight is 484 g/mol. The van der Waals surface area contributed by atoms with Gasteiger partial charge in [-0.2, -0.15) is 0 Å². The fraction of sp³-hybridized carbons (Fsp3) is 0.333. The van der Waals surface area contributed by atoms with Crippen molar-refractivity contribution in [3.8, 4) is 11.3 Å². The number of anilines is 1. The van der Waals surface area contributed by atoms with Gasteiger partial charge in [-0.1, -0.05) is 30.3 Å². The molecule has 6 rings (SSSR count). The van der Waals surface area contributed by atoms with Crippen molar-refractivity contribution in [3.63, 3.8) is 0 Å². The van der Waals surface area contributed by atoms with Gasteiger partial charge in [-0.05, 0) is 31.0 Å². The Morgan fingerprint density at radius 2 is 1.76 bits per heavy atom. The van der Waals surface area contributed by atoms with Gasteiger partial charge >= 0.3 is 0 Å². The van der Waals surface area contributed by atoms with Gasteiger partial charge in [-0.25, -0.2) is 19.9 Å². The van der Waals surface area contributed by atoms with Gasteiger partial charge in [0.25, 0.3) is 0 Å². The van der Waals surface area contributed by atoms with Crippen molar-refractivity contribution in [1.29, 1.82) is 0 Å². The molecule has 0 spiro atoms. The summed E-state index contributed by atoms with van der Waals surface area (Å²) < 4.78 is 2.31. The second kappa shape index (κ2) is 9.63. The first kappa shape index (κ1) is 23.4. The van der Waals surface area contributed by atoms with Crippen LogP contribution in [0.2, 0.25) is 0 Å². The van der Waals surface area contributed by atoms with E-state index in [0.29, 0.717) is 6.04 Å². The van der Waals surface area contributed by atoms with Gasteiger partial charge in [0.2, 0.25) is 5.95 Å². The summed E-state index contributed by atoms with van der Waals surface area (Å²) in [6.45, 7) is 4.99. The Morgan fingerprint density at radius 3 is 2.52 bits per heavy atom. The molecule has 1 fully saturated rings. The lowest BCUT2D eigenvalue weighted by atomic mass is 10.0. The maximum atomic E-state index is 5.00. The number of imidazole rings is 1. The SMILES string of the molecule is C[C@@H]1CN(c2ncc(-c3ccc4nc5n(c4n3)[C@@H](c3ccccc3)CC5)cn2)CCN1.Cl.Cl. The summed E-state index contributed by atoms with van der Waals surface area (Å²) in [6, 6.07) is 15.5. The zero-order chi connectivity index (χ0) is 20.8. The van der Waals surface area contributed by atoms with Gasteiger partial charge in [-0.15, -0.1) is 24.8 Å². The number of fused-ring (bicyclic) bond motifs is 3. The van der Waals surface area contributed by atoms with E-state index in [1.165, 1.54) is 5.56 Å². The number of aromatic nitrogens is 5. The molecule has 4 aromatic rings. The molecule has 2 aliphatic rings. The van der Waals surface area contributed by atoms with Crippen LogP contribution in [0.25, 0.3) is 22.4 Å². The molecule has 0 amide bonds. The molecule has 7 nitrogen and oxygen atoms in total. The second-order valence-electron chi connectivity index (χ2n) is 8.48. The number of piperazine rings is 1. The number of nitrogens with zero attached hydrogens (tertiary/aromatic N) is 6. The van der Waals surface area contributed by atoms with Crippen LogP contribution in [0.1, 0.15) is 30.8 Å². The number of halogens is 2. The van der Waals surface area contributed by atoms with Gasteiger partial charge in [0, 0.05) is 50.1 Å². The lowest BCUT2D eigenvalue weighted by molar-refractivity contribution is 0.479. The van der Waals surface area contributed by atoms with Gasteiger partial charge in [0.05, 0.1) is 11.7 Å². The highest BCUT2D eigenvalue weighted by Gasteiger charge is 2.28. The minimum absolute atomic E-state index is 0. The first-order chi connectivity index (χ1) is 15.3. The molecule has 2 aliphatic heterocycles. The molecule has 3 aromatic heterocycles. The number of rotatable bonds is 3. The van der Waals surface area contributed by atoms with Crippen LogP contribution in [-0.4, -0.2) is 50.2 Å². The van der Waals surface area contributed by atoms with Crippen LogP contribution in [0.4, 0.5) is 5.95 Å². The highest BCUT2D eigenvalue weighted by molar-refractivity contribution is 5.85. The van der Waals surface area contributed by atoms with Crippen LogP contribution in [0, 0.1) is 0 Å². The molecule has 9 heteroatoms. The van der Waals surface area contributed by atoms with Crippen molar-refractivity contribution in [2.45, 2.75) is 31.8 Å². The predicted octanol–water partition coefficient (Wildman–Crippen LogP) is 4.07. The largest absolute Gasteiger partial charge is 0.338 e. The molecule has 0 bridgehead atoms. The molecule has 172 valence electrons. The van der Waals surface area contributed by atoms with Crippen molar-refractivity contribution in [2.24, 2.45) is 0 Å². The summed E-state index contributed by atoms with van der Waals surface area (Å²) in [5.41, 5.74) is 5.02. The van der Waals surface area contributed by atoms with Crippen molar-refractivity contribution in [3.05, 3.63) is 66.2 Å². The maximum absolute atomic E-state index is 5.00. The summed E-state index contributed by atoms with van der Waals surface area (Å²) in [7, 11) is 0. The number of benzene rings is 1. The highest BCUT2D eigenvalue weighted by Crippen LogP contribution is 2.35. The molecule has 0 unspecified atom stereocenters. The summed E-state index contributed by atoms with van der Waals surface area (Å²) >= 11 is 0. The average Bonchev–Trinajstić information content (AvgIpc) is 3.39. The summed E-state index contributed by atoms with van der Waals surface area (Å²) in [6.07, 6.45) is 5.82. The Balaban J connectivity index is 0.00000130. The molecule has 0 aliphatic carbocycles. The van der Waals surface area contributed by atoms with E-state index in [1.54, 1.807) is 0 Å². The monoisotopic (exact) mass is 483 g/mol. The Bertz CT molecular complexity index is 1230. The Kier molecular flexibility index (Phi) is 6.83. The third kappa shape index (κ3) is 4.28. The van der Waals surface area contributed by atoms with E-state index in [4.69, 9.17) is 9.97 Å². The molecular weight excluding hydrogens is 457 g/mol. The molecule has 2 atom stereocenters. The quantitative estimate of drug-likeness (QED) is 0.473. The van der Waals surface area contributed by atoms with E-state index in [0.717, 1.165) is 66.7 Å². The van der Waals surface area contributed by atoms with Crippen LogP contribution >= 0.6 is 24.8 Å². The number of pyridine rings is 1. The second-order valence-corrected chi connectivity index (χ2v) is 8.48. The molecule has 33 heavy (non-hydrogen) atoms. The van der Waals surface area contributed by atoms with E-state index < -0.39 is 0 Å². The molecule has 5 heterocycles. The zero-order valence-electron chi connectivity index (χ0n) is 18.4. The van der Waals surface area contributed by atoms with E-state index >= 15 is 0 Å². The van der Waals surface area contributed by atoms with Crippen LogP contribution in [0.15, 0.2) is 54.9 Å². The molecular formula is C24H27Cl2N7. The van der Waals surface area contributed by atoms with Crippen LogP contribution in [-0.2, 0) is 6.42 Å². The van der Waals surface area contributed by atoms with Crippen molar-refractivity contribution >= 4 is 41.9 Å². The van der Waals surface area contributed by atoms with E-state index in [2.05, 4.69) is 68.1 Å². The minimum atomic E-state index is 0. The van der Waals surface area contributed by atoms with E-state index in [-0.39, 0.29) is 30.9 Å². The third-order valence-electron chi connectivity index (χ3n) is 6.33. The number of hydrogen-bond donors (Lipinski definition) is 1. The Hall–Kier alpha value is -2.74. The fourth-order valence-corrected chi connectivity index (χ4v) is 4.80. The van der Waals surface area contributed by atoms with Gasteiger partial charge in [0.1, 0.15) is 11.3 Å². The lowest BCUT2D eigenvalue weighted by Crippen LogP contribution is -2.49. The van der Waals surface area contributed by atoms with Gasteiger partial charge < -0.3 is 14.8 Å². The van der Waals surface area contributed by atoms with Gasteiger partial charge in [-0.3, -0.25) is 0 Å². The highest BCUT2D eigenvalue weighted by atomic mass is 35.5. The first-order valence-electron chi connectivity index (χ1n) is 11.0. The predicted molar refractivity (Wildman–Crippen MR) is 136 cm³/mol. The maximum Gasteiger partial charge on any atom is 0.225 e. The van der Waals surface area contributed by atoms with Crippen LogP contribution in [0.3, 0.4) is 0 Å². The fourth-order valence-electron chi connectivity index (χ4n) is 4.80. The Labute approximate surface area is 205 Å². The van der Waals surface area contributed by atoms with E-state index in [9.17, 15) is 0 Å². The molecule has 1 aromatic carbocycles. The molecule has 0 saturated carbocycles. The van der Waals surface area contributed by atoms with Crippen molar-refractivity contribution < 1.29 is 0 Å². The standard InChI is InChI=1S/C24H25N7.2ClH/c1-16-15-30(12-11-25-16)24-26-13-18(14-27-24)19-7-8-20-23(29-19)31-21(9-10-22(31)28-20)17-5-3-2-4-6-17;;/h2-8,13-14,16,21,25H,9-12,15H2,1H3;2*1H/t16-,21-;;/m1../s1. The van der Waals surface area contributed by atoms with Gasteiger partial charge in [0.15, 0.2) is 5.65 Å². The third-order valence-corrected chi connectivity index (χ3v) is 6.33. The number of aryl methyl sites for hydroxylation is 1. The normalized spacial score (nSPS) is 19.6. The topological polar surface area (TPSA) is 71.8 Å². The van der Waals surface area contributed by atoms with Crippen LogP contribution in [0.5, 0.6) is 0 Å². The summed E-state index contributed by atoms with van der Waals surface area (Å²) in [5, 5.41) is 3.45. The number of hydrogen-bond acceptors (Lipinski definition) is 6.